The Bertz CT molecular complexity index is 992. The van der Waals surface area contributed by atoms with Crippen molar-refractivity contribution in [3.63, 3.8) is 0 Å². The summed E-state index contributed by atoms with van der Waals surface area (Å²) in [4.78, 5) is 18.4. The van der Waals surface area contributed by atoms with Crippen LogP contribution in [0.2, 0.25) is 0 Å². The largest absolute Gasteiger partial charge is 0.491 e. The van der Waals surface area contributed by atoms with Crippen molar-refractivity contribution in [1.82, 2.24) is 9.88 Å². The number of aromatic nitrogens is 1. The first-order valence-electron chi connectivity index (χ1n) is 9.44. The number of halogens is 3. The van der Waals surface area contributed by atoms with Crippen molar-refractivity contribution in [2.75, 3.05) is 13.2 Å². The van der Waals surface area contributed by atoms with Gasteiger partial charge < -0.3 is 14.7 Å². The lowest BCUT2D eigenvalue weighted by atomic mass is 10.1. The summed E-state index contributed by atoms with van der Waals surface area (Å²) in [5.74, 6) is -0.124. The molecule has 164 valence electrons. The molecule has 0 saturated carbocycles. The molecule has 0 radical (unpaired) electrons. The van der Waals surface area contributed by atoms with Crippen LogP contribution in [0.4, 0.5) is 13.2 Å². The molecule has 1 unspecified atom stereocenters. The van der Waals surface area contributed by atoms with Gasteiger partial charge in [-0.2, -0.15) is 13.2 Å². The standard InChI is InChI=1S/C22H21F3N2O3S/c1-15-4-2-3-5-16(15)10-27(21(29)20-13-31-14-26-20)11-18(28)12-30-19-8-6-17(7-9-19)22(23,24)25/h2-9,13-14,18,28H,10-12H2,1H3. The molecule has 1 aromatic heterocycles. The number of aliphatic hydroxyl groups excluding tert-OH is 1. The second-order valence-electron chi connectivity index (χ2n) is 6.97. The van der Waals surface area contributed by atoms with Crippen LogP contribution in [-0.2, 0) is 12.7 Å². The van der Waals surface area contributed by atoms with Crippen LogP contribution in [0, 0.1) is 6.92 Å². The number of aliphatic hydroxyl groups is 1. The molecule has 0 saturated heterocycles. The number of alkyl halides is 3. The number of hydrogen-bond acceptors (Lipinski definition) is 5. The molecule has 1 atom stereocenters. The van der Waals surface area contributed by atoms with Gasteiger partial charge in [0, 0.05) is 11.9 Å². The maximum absolute atomic E-state index is 12.9. The first-order valence-corrected chi connectivity index (χ1v) is 10.4. The third kappa shape index (κ3) is 6.28. The Kier molecular flexibility index (Phi) is 7.29. The average molecular weight is 450 g/mol. The first kappa shape index (κ1) is 22.8. The highest BCUT2D eigenvalue weighted by Crippen LogP contribution is 2.30. The van der Waals surface area contributed by atoms with Crippen LogP contribution in [0.5, 0.6) is 5.75 Å². The number of thiazole rings is 1. The second-order valence-corrected chi connectivity index (χ2v) is 7.69. The van der Waals surface area contributed by atoms with Gasteiger partial charge >= 0.3 is 6.18 Å². The van der Waals surface area contributed by atoms with E-state index in [2.05, 4.69) is 4.98 Å². The van der Waals surface area contributed by atoms with Crippen LogP contribution in [0.1, 0.15) is 27.2 Å². The van der Waals surface area contributed by atoms with Crippen molar-refractivity contribution in [2.24, 2.45) is 0 Å². The Morgan fingerprint density at radius 1 is 1.19 bits per heavy atom. The number of hydrogen-bond donors (Lipinski definition) is 1. The predicted octanol–water partition coefficient (Wildman–Crippen LogP) is 4.55. The monoisotopic (exact) mass is 450 g/mol. The molecule has 1 heterocycles. The van der Waals surface area contributed by atoms with Crippen LogP contribution >= 0.6 is 11.3 Å². The summed E-state index contributed by atoms with van der Waals surface area (Å²) in [6, 6.07) is 11.8. The highest BCUT2D eigenvalue weighted by atomic mass is 32.1. The van der Waals surface area contributed by atoms with Crippen molar-refractivity contribution in [3.8, 4) is 5.75 Å². The Balaban J connectivity index is 1.65. The van der Waals surface area contributed by atoms with Crippen molar-refractivity contribution in [1.29, 1.82) is 0 Å². The summed E-state index contributed by atoms with van der Waals surface area (Å²) in [5, 5.41) is 12.1. The van der Waals surface area contributed by atoms with Crippen LogP contribution < -0.4 is 4.74 Å². The molecule has 0 aliphatic rings. The van der Waals surface area contributed by atoms with Gasteiger partial charge in [-0.3, -0.25) is 4.79 Å². The van der Waals surface area contributed by atoms with Gasteiger partial charge in [-0.25, -0.2) is 4.98 Å². The van der Waals surface area contributed by atoms with Gasteiger partial charge in [0.1, 0.15) is 24.2 Å². The number of aryl methyl sites for hydroxylation is 1. The van der Waals surface area contributed by atoms with Gasteiger partial charge in [0.2, 0.25) is 0 Å². The topological polar surface area (TPSA) is 62.7 Å². The minimum absolute atomic E-state index is 0.0225. The zero-order valence-electron chi connectivity index (χ0n) is 16.7. The van der Waals surface area contributed by atoms with Crippen molar-refractivity contribution in [3.05, 3.63) is 81.8 Å². The molecule has 3 aromatic rings. The first-order chi connectivity index (χ1) is 14.7. The fourth-order valence-electron chi connectivity index (χ4n) is 2.93. The van der Waals surface area contributed by atoms with E-state index in [-0.39, 0.29) is 37.0 Å². The molecular weight excluding hydrogens is 429 g/mol. The van der Waals surface area contributed by atoms with E-state index in [4.69, 9.17) is 4.74 Å². The molecular formula is C22H21F3N2O3S. The van der Waals surface area contributed by atoms with Gasteiger partial charge in [0.05, 0.1) is 17.6 Å². The lowest BCUT2D eigenvalue weighted by Gasteiger charge is -2.25. The van der Waals surface area contributed by atoms with Crippen LogP contribution in [0.15, 0.2) is 59.4 Å². The molecule has 2 aromatic carbocycles. The van der Waals surface area contributed by atoms with E-state index >= 15 is 0 Å². The third-order valence-corrected chi connectivity index (χ3v) is 5.20. The van der Waals surface area contributed by atoms with E-state index in [0.717, 1.165) is 23.3 Å². The maximum Gasteiger partial charge on any atom is 0.416 e. The molecule has 1 amide bonds. The number of carbonyl (C=O) groups is 1. The smallest absolute Gasteiger partial charge is 0.416 e. The lowest BCUT2D eigenvalue weighted by Crippen LogP contribution is -2.39. The summed E-state index contributed by atoms with van der Waals surface area (Å²) < 4.78 is 43.4. The van der Waals surface area contributed by atoms with Crippen LogP contribution in [0.25, 0.3) is 0 Å². The fourth-order valence-corrected chi connectivity index (χ4v) is 3.46. The van der Waals surface area contributed by atoms with Crippen LogP contribution in [-0.4, -0.2) is 40.2 Å². The van der Waals surface area contributed by atoms with E-state index in [1.54, 1.807) is 10.9 Å². The maximum atomic E-state index is 12.9. The van der Waals surface area contributed by atoms with Crippen LogP contribution in [0.3, 0.4) is 0 Å². The molecule has 0 aliphatic carbocycles. The number of benzene rings is 2. The van der Waals surface area contributed by atoms with Gasteiger partial charge in [0.25, 0.3) is 5.91 Å². The molecule has 0 aliphatic heterocycles. The predicted molar refractivity (Wildman–Crippen MR) is 111 cm³/mol. The second kappa shape index (κ2) is 9.93. The molecule has 9 heteroatoms. The molecule has 1 N–H and O–H groups in total. The van der Waals surface area contributed by atoms with Gasteiger partial charge in [0.15, 0.2) is 0 Å². The Hall–Kier alpha value is -2.91. The van der Waals surface area contributed by atoms with E-state index in [9.17, 15) is 23.1 Å². The summed E-state index contributed by atoms with van der Waals surface area (Å²) >= 11 is 1.30. The number of carbonyl (C=O) groups excluding carboxylic acids is 1. The number of nitrogens with zero attached hydrogens (tertiary/aromatic N) is 2. The number of amides is 1. The minimum Gasteiger partial charge on any atom is -0.491 e. The summed E-state index contributed by atoms with van der Waals surface area (Å²) in [7, 11) is 0. The summed E-state index contributed by atoms with van der Waals surface area (Å²) in [5.41, 5.74) is 3.01. The molecule has 0 spiro atoms. The molecule has 31 heavy (non-hydrogen) atoms. The quantitative estimate of drug-likeness (QED) is 0.547. The van der Waals surface area contributed by atoms with E-state index in [0.29, 0.717) is 0 Å². The Morgan fingerprint density at radius 3 is 2.52 bits per heavy atom. The summed E-state index contributed by atoms with van der Waals surface area (Å²) in [6.07, 6.45) is -5.47. The highest BCUT2D eigenvalue weighted by molar-refractivity contribution is 7.07. The van der Waals surface area contributed by atoms with Crippen molar-refractivity contribution >= 4 is 17.2 Å². The van der Waals surface area contributed by atoms with Crippen molar-refractivity contribution in [2.45, 2.75) is 25.7 Å². The number of ether oxygens (including phenoxy) is 1. The van der Waals surface area contributed by atoms with Gasteiger partial charge in [-0.15, -0.1) is 11.3 Å². The zero-order chi connectivity index (χ0) is 22.4. The highest BCUT2D eigenvalue weighted by Gasteiger charge is 2.30. The van der Waals surface area contributed by atoms with E-state index in [1.807, 2.05) is 31.2 Å². The molecule has 5 nitrogen and oxygen atoms in total. The van der Waals surface area contributed by atoms with Gasteiger partial charge in [-0.1, -0.05) is 24.3 Å². The molecule has 0 fully saturated rings. The Morgan fingerprint density at radius 2 is 1.90 bits per heavy atom. The minimum atomic E-state index is -4.43. The SMILES string of the molecule is Cc1ccccc1CN(CC(O)COc1ccc(C(F)(F)F)cc1)C(=O)c1cscn1. The number of rotatable bonds is 8. The Labute approximate surface area is 181 Å². The van der Waals surface area contributed by atoms with Crippen molar-refractivity contribution < 1.29 is 27.8 Å². The van der Waals surface area contributed by atoms with E-state index in [1.165, 1.54) is 28.4 Å². The summed E-state index contributed by atoms with van der Waals surface area (Å²) in [6.45, 7) is 2.01. The average Bonchev–Trinajstić information content (AvgIpc) is 3.27. The third-order valence-electron chi connectivity index (χ3n) is 4.62. The molecule has 0 bridgehead atoms. The zero-order valence-corrected chi connectivity index (χ0v) is 17.5. The normalized spacial score (nSPS) is 12.4. The van der Waals surface area contributed by atoms with Gasteiger partial charge in [-0.05, 0) is 42.3 Å². The molecule has 3 rings (SSSR count). The fraction of sp³-hybridized carbons (Fsp3) is 0.273. The van der Waals surface area contributed by atoms with E-state index < -0.39 is 17.8 Å². The lowest BCUT2D eigenvalue weighted by molar-refractivity contribution is -0.137.